The summed E-state index contributed by atoms with van der Waals surface area (Å²) in [5.41, 5.74) is -1.68. The van der Waals surface area contributed by atoms with Crippen molar-refractivity contribution in [2.45, 2.75) is 124 Å². The number of ether oxygens (including phenoxy) is 2. The summed E-state index contributed by atoms with van der Waals surface area (Å²) in [4.78, 5) is 25.5. The molecule has 0 aromatic heterocycles. The molecule has 36 heavy (non-hydrogen) atoms. The zero-order valence-corrected chi connectivity index (χ0v) is 23.6. The molecule has 0 aromatic rings. The Labute approximate surface area is 218 Å². The molecule has 2 saturated heterocycles. The molecule has 6 aliphatic rings. The Morgan fingerprint density at radius 3 is 2.53 bits per heavy atom. The smallest absolute Gasteiger partial charge is 0.302 e. The fourth-order valence-corrected chi connectivity index (χ4v) is 10.5. The summed E-state index contributed by atoms with van der Waals surface area (Å²) in [6, 6.07) is 0. The van der Waals surface area contributed by atoms with Crippen LogP contribution >= 0.6 is 0 Å². The standard InChI is InChI=1S/C31H50O5/c1-7-21(18(2)3)9-8-19(4)23-10-11-24-26-25(13-14-29(23,24)6)30-15-12-22(36-20(5)32)16-31(30,34)28(33)27(26)35-17-30/h18-19,21-27,34H,7-17H2,1-6H3/t19-,21-,22+,23-,24+,25+,26+,27-,29-,30+,31+/m1/s1. The van der Waals surface area contributed by atoms with E-state index in [2.05, 4.69) is 34.6 Å². The second kappa shape index (κ2) is 9.36. The Morgan fingerprint density at radius 1 is 1.11 bits per heavy atom. The van der Waals surface area contributed by atoms with E-state index in [0.29, 0.717) is 43.1 Å². The molecule has 2 heterocycles. The van der Waals surface area contributed by atoms with Gasteiger partial charge in [0.1, 0.15) is 17.8 Å². The molecule has 4 aliphatic carbocycles. The summed E-state index contributed by atoms with van der Waals surface area (Å²) in [5.74, 6) is 3.58. The summed E-state index contributed by atoms with van der Waals surface area (Å²) in [6.07, 6.45) is 9.40. The zero-order valence-electron chi connectivity index (χ0n) is 23.6. The molecular formula is C31H50O5. The second-order valence-corrected chi connectivity index (χ2v) is 14.1. The van der Waals surface area contributed by atoms with Gasteiger partial charge in [0.05, 0.1) is 6.61 Å². The molecule has 0 aromatic carbocycles. The highest BCUT2D eigenvalue weighted by atomic mass is 16.5. The molecule has 0 unspecified atom stereocenters. The number of hydrogen-bond donors (Lipinski definition) is 1. The number of fused-ring (bicyclic) bond motifs is 2. The molecule has 204 valence electrons. The van der Waals surface area contributed by atoms with Gasteiger partial charge in [-0.15, -0.1) is 0 Å². The SMILES string of the molecule is CC[C@H](CC[C@@H](C)[C@H]1CC[C@H]2[C@@H]3[C@H]4OC[C@@]5(CC[C@H](OC(C)=O)C[C@]5(O)C4=O)[C@H]3CC[C@]12C)C(C)C. The lowest BCUT2D eigenvalue weighted by atomic mass is 9.40. The van der Waals surface area contributed by atoms with Crippen LogP contribution in [0.5, 0.6) is 0 Å². The van der Waals surface area contributed by atoms with Gasteiger partial charge in [0.2, 0.25) is 0 Å². The van der Waals surface area contributed by atoms with E-state index in [-0.39, 0.29) is 35.6 Å². The Kier molecular flexibility index (Phi) is 6.93. The van der Waals surface area contributed by atoms with E-state index in [1.165, 1.54) is 45.4 Å². The van der Waals surface area contributed by atoms with E-state index < -0.39 is 17.1 Å². The number of hydrogen-bond acceptors (Lipinski definition) is 5. The van der Waals surface area contributed by atoms with Crippen molar-refractivity contribution in [3.05, 3.63) is 0 Å². The number of carbonyl (C=O) groups excluding carboxylic acids is 2. The number of ketones is 1. The molecule has 1 spiro atoms. The first-order chi connectivity index (χ1) is 17.0. The summed E-state index contributed by atoms with van der Waals surface area (Å²) in [7, 11) is 0. The first kappa shape index (κ1) is 26.7. The van der Waals surface area contributed by atoms with Crippen LogP contribution in [0.2, 0.25) is 0 Å². The van der Waals surface area contributed by atoms with Crippen molar-refractivity contribution >= 4 is 11.8 Å². The number of Topliss-reactive ketones (excluding diaryl/α,β-unsaturated/α-hetero) is 1. The van der Waals surface area contributed by atoms with Gasteiger partial charge < -0.3 is 14.6 Å². The molecule has 5 nitrogen and oxygen atoms in total. The van der Waals surface area contributed by atoms with Gasteiger partial charge in [0, 0.05) is 18.8 Å². The summed E-state index contributed by atoms with van der Waals surface area (Å²) in [6.45, 7) is 14.0. The predicted octanol–water partition coefficient (Wildman–Crippen LogP) is 5.96. The third kappa shape index (κ3) is 3.76. The number of rotatable bonds is 7. The average Bonchev–Trinajstić information content (AvgIpc) is 3.17. The normalized spacial score (nSPS) is 47.2. The van der Waals surface area contributed by atoms with Crippen LogP contribution in [-0.4, -0.2) is 41.3 Å². The second-order valence-electron chi connectivity index (χ2n) is 14.1. The fourth-order valence-electron chi connectivity index (χ4n) is 10.5. The van der Waals surface area contributed by atoms with Crippen molar-refractivity contribution in [1.29, 1.82) is 0 Å². The number of aliphatic hydroxyl groups is 1. The maximum atomic E-state index is 13.9. The first-order valence-electron chi connectivity index (χ1n) is 15.0. The molecule has 0 radical (unpaired) electrons. The minimum absolute atomic E-state index is 0.115. The Hall–Kier alpha value is -0.940. The highest BCUT2D eigenvalue weighted by Gasteiger charge is 2.75. The van der Waals surface area contributed by atoms with Crippen LogP contribution in [0.25, 0.3) is 0 Å². The zero-order chi connectivity index (χ0) is 26.0. The molecule has 11 atom stereocenters. The van der Waals surface area contributed by atoms with Gasteiger partial charge in [-0.1, -0.05) is 47.5 Å². The quantitative estimate of drug-likeness (QED) is 0.435. The van der Waals surface area contributed by atoms with E-state index in [1.54, 1.807) is 0 Å². The third-order valence-electron chi connectivity index (χ3n) is 12.4. The predicted molar refractivity (Wildman–Crippen MR) is 139 cm³/mol. The summed E-state index contributed by atoms with van der Waals surface area (Å²) in [5, 5.41) is 12.0. The molecule has 6 rings (SSSR count). The minimum Gasteiger partial charge on any atom is -0.462 e. The van der Waals surface area contributed by atoms with Crippen LogP contribution in [0.1, 0.15) is 106 Å². The third-order valence-corrected chi connectivity index (χ3v) is 12.4. The van der Waals surface area contributed by atoms with Crippen molar-refractivity contribution in [2.24, 2.45) is 52.3 Å². The maximum Gasteiger partial charge on any atom is 0.302 e. The van der Waals surface area contributed by atoms with Crippen molar-refractivity contribution in [2.75, 3.05) is 6.61 Å². The van der Waals surface area contributed by atoms with Crippen LogP contribution in [0.15, 0.2) is 0 Å². The maximum absolute atomic E-state index is 13.9. The van der Waals surface area contributed by atoms with Gasteiger partial charge in [0.15, 0.2) is 5.78 Å². The van der Waals surface area contributed by atoms with E-state index in [0.717, 1.165) is 18.3 Å². The summed E-state index contributed by atoms with van der Waals surface area (Å²) >= 11 is 0. The van der Waals surface area contributed by atoms with Crippen molar-refractivity contribution in [3.8, 4) is 0 Å². The Morgan fingerprint density at radius 2 is 1.86 bits per heavy atom. The first-order valence-corrected chi connectivity index (χ1v) is 15.0. The van der Waals surface area contributed by atoms with Crippen LogP contribution in [0, 0.1) is 52.3 Å². The van der Waals surface area contributed by atoms with Crippen molar-refractivity contribution in [1.82, 2.24) is 0 Å². The van der Waals surface area contributed by atoms with E-state index in [1.807, 2.05) is 0 Å². The van der Waals surface area contributed by atoms with Crippen molar-refractivity contribution < 1.29 is 24.2 Å². The molecule has 0 amide bonds. The van der Waals surface area contributed by atoms with Crippen LogP contribution in [0.4, 0.5) is 0 Å². The van der Waals surface area contributed by atoms with Gasteiger partial charge in [-0.25, -0.2) is 0 Å². The Balaban J connectivity index is 1.36. The molecule has 2 aliphatic heterocycles. The lowest BCUT2D eigenvalue weighted by Crippen LogP contribution is -2.78. The van der Waals surface area contributed by atoms with Gasteiger partial charge in [-0.3, -0.25) is 9.59 Å². The minimum atomic E-state index is -1.42. The molecule has 6 fully saturated rings. The van der Waals surface area contributed by atoms with Crippen LogP contribution in [-0.2, 0) is 19.1 Å². The average molecular weight is 503 g/mol. The fraction of sp³-hybridized carbons (Fsp3) is 0.935. The van der Waals surface area contributed by atoms with Crippen molar-refractivity contribution in [3.63, 3.8) is 0 Å². The highest BCUT2D eigenvalue weighted by Crippen LogP contribution is 2.71. The molecule has 5 heteroatoms. The number of esters is 1. The van der Waals surface area contributed by atoms with E-state index >= 15 is 0 Å². The topological polar surface area (TPSA) is 72.8 Å². The van der Waals surface area contributed by atoms with E-state index in [4.69, 9.17) is 9.47 Å². The van der Waals surface area contributed by atoms with Crippen LogP contribution < -0.4 is 0 Å². The van der Waals surface area contributed by atoms with Gasteiger partial charge >= 0.3 is 5.97 Å². The lowest BCUT2D eigenvalue weighted by molar-refractivity contribution is -0.296. The molecule has 2 bridgehead atoms. The van der Waals surface area contributed by atoms with Crippen LogP contribution in [0.3, 0.4) is 0 Å². The number of carbonyl (C=O) groups is 2. The van der Waals surface area contributed by atoms with Gasteiger partial charge in [-0.05, 0) is 91.8 Å². The monoisotopic (exact) mass is 502 g/mol. The highest BCUT2D eigenvalue weighted by molar-refractivity contribution is 5.94. The molecule has 4 saturated carbocycles. The lowest BCUT2D eigenvalue weighted by Gasteiger charge is -2.68. The van der Waals surface area contributed by atoms with Gasteiger partial charge in [-0.2, -0.15) is 0 Å². The Bertz CT molecular complexity index is 869. The largest absolute Gasteiger partial charge is 0.462 e. The van der Waals surface area contributed by atoms with E-state index in [9.17, 15) is 14.7 Å². The summed E-state index contributed by atoms with van der Waals surface area (Å²) < 4.78 is 11.8. The molecular weight excluding hydrogens is 452 g/mol. The molecule has 1 N–H and O–H groups in total. The van der Waals surface area contributed by atoms with Gasteiger partial charge in [0.25, 0.3) is 0 Å².